The fraction of sp³-hybridized carbons (Fsp3) is 0.800. The van der Waals surface area contributed by atoms with E-state index in [2.05, 4.69) is 5.32 Å². The molecule has 1 N–H and O–H groups in total. The van der Waals surface area contributed by atoms with Crippen molar-refractivity contribution in [3.05, 3.63) is 0 Å². The van der Waals surface area contributed by atoms with Gasteiger partial charge >= 0.3 is 5.97 Å². The Labute approximate surface area is 126 Å². The van der Waals surface area contributed by atoms with Crippen molar-refractivity contribution < 1.29 is 19.1 Å². The molecule has 1 fully saturated rings. The Morgan fingerprint density at radius 1 is 1.29 bits per heavy atom. The van der Waals surface area contributed by atoms with Gasteiger partial charge in [-0.25, -0.2) is 0 Å². The van der Waals surface area contributed by atoms with Gasteiger partial charge in [-0.1, -0.05) is 20.8 Å². The standard InChI is InChI=1S/C15H26N2O4/c1-6-21-14(20)12(15(2,3)4)13(19)17(5)9-11(18)16-10-7-8-10/h10,12H,6-9H2,1-5H3,(H,16,18). The van der Waals surface area contributed by atoms with E-state index in [4.69, 9.17) is 4.74 Å². The second-order valence-electron chi connectivity index (χ2n) is 6.59. The van der Waals surface area contributed by atoms with Gasteiger partial charge in [0, 0.05) is 13.1 Å². The van der Waals surface area contributed by atoms with Gasteiger partial charge in [0.2, 0.25) is 11.8 Å². The van der Waals surface area contributed by atoms with Crippen LogP contribution >= 0.6 is 0 Å². The highest BCUT2D eigenvalue weighted by atomic mass is 16.5. The van der Waals surface area contributed by atoms with Gasteiger partial charge in [0.15, 0.2) is 0 Å². The second-order valence-corrected chi connectivity index (χ2v) is 6.59. The monoisotopic (exact) mass is 298 g/mol. The molecule has 120 valence electrons. The summed E-state index contributed by atoms with van der Waals surface area (Å²) in [5.74, 6) is -2.02. The van der Waals surface area contributed by atoms with Crippen molar-refractivity contribution in [1.29, 1.82) is 0 Å². The first-order chi connectivity index (χ1) is 9.66. The third kappa shape index (κ3) is 5.36. The normalized spacial score (nSPS) is 16.0. The van der Waals surface area contributed by atoms with Crippen LogP contribution in [-0.2, 0) is 19.1 Å². The van der Waals surface area contributed by atoms with Crippen LogP contribution in [0.1, 0.15) is 40.5 Å². The Balaban J connectivity index is 2.69. The number of hydrogen-bond donors (Lipinski definition) is 1. The highest BCUT2D eigenvalue weighted by Gasteiger charge is 2.40. The lowest BCUT2D eigenvalue weighted by molar-refractivity contribution is -0.160. The molecule has 1 aliphatic rings. The third-order valence-electron chi connectivity index (χ3n) is 3.33. The predicted molar refractivity (Wildman–Crippen MR) is 78.4 cm³/mol. The van der Waals surface area contributed by atoms with Crippen molar-refractivity contribution in [3.63, 3.8) is 0 Å². The molecule has 0 aromatic rings. The fourth-order valence-electron chi connectivity index (χ4n) is 2.07. The summed E-state index contributed by atoms with van der Waals surface area (Å²) >= 11 is 0. The van der Waals surface area contributed by atoms with Crippen LogP contribution < -0.4 is 5.32 Å². The molecule has 0 aromatic carbocycles. The number of amides is 2. The molecule has 0 bridgehead atoms. The summed E-state index contributed by atoms with van der Waals surface area (Å²) in [6.45, 7) is 7.32. The number of nitrogens with one attached hydrogen (secondary N) is 1. The third-order valence-corrected chi connectivity index (χ3v) is 3.33. The number of carbonyl (C=O) groups is 3. The van der Waals surface area contributed by atoms with E-state index in [0.29, 0.717) is 0 Å². The molecule has 6 heteroatoms. The van der Waals surface area contributed by atoms with Crippen molar-refractivity contribution >= 4 is 17.8 Å². The van der Waals surface area contributed by atoms with E-state index in [0.717, 1.165) is 12.8 Å². The predicted octanol–water partition coefficient (Wildman–Crippen LogP) is 0.949. The summed E-state index contributed by atoms with van der Waals surface area (Å²) < 4.78 is 4.99. The summed E-state index contributed by atoms with van der Waals surface area (Å²) in [5.41, 5.74) is -0.565. The Morgan fingerprint density at radius 3 is 2.29 bits per heavy atom. The molecule has 21 heavy (non-hydrogen) atoms. The zero-order valence-corrected chi connectivity index (χ0v) is 13.6. The minimum Gasteiger partial charge on any atom is -0.465 e. The summed E-state index contributed by atoms with van der Waals surface area (Å²) in [7, 11) is 1.53. The molecule has 0 spiro atoms. The van der Waals surface area contributed by atoms with Crippen LogP contribution in [0.25, 0.3) is 0 Å². The van der Waals surface area contributed by atoms with Gasteiger partial charge in [0.05, 0.1) is 13.2 Å². The van der Waals surface area contributed by atoms with Crippen LogP contribution in [0.5, 0.6) is 0 Å². The number of nitrogens with zero attached hydrogens (tertiary/aromatic N) is 1. The van der Waals surface area contributed by atoms with E-state index >= 15 is 0 Å². The molecule has 0 radical (unpaired) electrons. The number of ether oxygens (including phenoxy) is 1. The Bertz CT molecular complexity index is 410. The van der Waals surface area contributed by atoms with Gasteiger partial charge in [-0.15, -0.1) is 0 Å². The first-order valence-corrected chi connectivity index (χ1v) is 7.37. The van der Waals surface area contributed by atoms with E-state index in [1.807, 2.05) is 20.8 Å². The Kier molecular flexibility index (Phi) is 5.75. The zero-order chi connectivity index (χ0) is 16.2. The number of hydrogen-bond acceptors (Lipinski definition) is 4. The maximum atomic E-state index is 12.5. The minimum atomic E-state index is -0.906. The molecule has 6 nitrogen and oxygen atoms in total. The highest BCUT2D eigenvalue weighted by Crippen LogP contribution is 2.28. The lowest BCUT2D eigenvalue weighted by Crippen LogP contribution is -2.47. The summed E-state index contributed by atoms with van der Waals surface area (Å²) in [5, 5.41) is 2.82. The molecule has 1 saturated carbocycles. The Morgan fingerprint density at radius 2 is 1.86 bits per heavy atom. The molecule has 0 saturated heterocycles. The molecular weight excluding hydrogens is 272 g/mol. The van der Waals surface area contributed by atoms with Crippen molar-refractivity contribution in [1.82, 2.24) is 10.2 Å². The van der Waals surface area contributed by atoms with Crippen LogP contribution in [0.2, 0.25) is 0 Å². The molecule has 0 aromatic heterocycles. The topological polar surface area (TPSA) is 75.7 Å². The molecule has 0 aliphatic heterocycles. The van der Waals surface area contributed by atoms with Crippen molar-refractivity contribution in [2.75, 3.05) is 20.2 Å². The van der Waals surface area contributed by atoms with Crippen LogP contribution in [0.4, 0.5) is 0 Å². The van der Waals surface area contributed by atoms with E-state index < -0.39 is 17.3 Å². The maximum absolute atomic E-state index is 12.5. The molecule has 1 rings (SSSR count). The zero-order valence-electron chi connectivity index (χ0n) is 13.6. The van der Waals surface area contributed by atoms with Gasteiger partial charge < -0.3 is 15.0 Å². The number of esters is 1. The molecular formula is C15H26N2O4. The first-order valence-electron chi connectivity index (χ1n) is 7.37. The van der Waals surface area contributed by atoms with Crippen molar-refractivity contribution in [2.45, 2.75) is 46.6 Å². The summed E-state index contributed by atoms with van der Waals surface area (Å²) in [6.07, 6.45) is 1.99. The van der Waals surface area contributed by atoms with Crippen molar-refractivity contribution in [2.24, 2.45) is 11.3 Å². The SMILES string of the molecule is CCOC(=O)C(C(=O)N(C)CC(=O)NC1CC1)C(C)(C)C. The van der Waals surface area contributed by atoms with Gasteiger partial charge in [-0.2, -0.15) is 0 Å². The largest absolute Gasteiger partial charge is 0.465 e. The van der Waals surface area contributed by atoms with Crippen LogP contribution in [0.3, 0.4) is 0 Å². The molecule has 0 heterocycles. The lowest BCUT2D eigenvalue weighted by atomic mass is 9.80. The fourth-order valence-corrected chi connectivity index (χ4v) is 2.07. The van der Waals surface area contributed by atoms with E-state index in [-0.39, 0.29) is 31.0 Å². The minimum absolute atomic E-state index is 0.0404. The van der Waals surface area contributed by atoms with Crippen molar-refractivity contribution in [3.8, 4) is 0 Å². The van der Waals surface area contributed by atoms with E-state index in [1.165, 1.54) is 11.9 Å². The number of carbonyl (C=O) groups excluding carboxylic acids is 3. The highest BCUT2D eigenvalue weighted by molar-refractivity contribution is 5.99. The number of rotatable bonds is 6. The molecule has 2 amide bonds. The van der Waals surface area contributed by atoms with Crippen LogP contribution in [0, 0.1) is 11.3 Å². The smallest absolute Gasteiger partial charge is 0.319 e. The van der Waals surface area contributed by atoms with Crippen LogP contribution in [-0.4, -0.2) is 48.9 Å². The molecule has 1 aliphatic carbocycles. The van der Waals surface area contributed by atoms with Gasteiger partial charge in [-0.05, 0) is 25.2 Å². The first kappa shape index (κ1) is 17.5. The summed E-state index contributed by atoms with van der Waals surface area (Å²) in [4.78, 5) is 37.6. The average molecular weight is 298 g/mol. The van der Waals surface area contributed by atoms with Crippen LogP contribution in [0.15, 0.2) is 0 Å². The summed E-state index contributed by atoms with van der Waals surface area (Å²) in [6, 6.07) is 0.254. The van der Waals surface area contributed by atoms with E-state index in [1.54, 1.807) is 6.92 Å². The van der Waals surface area contributed by atoms with Gasteiger partial charge in [0.1, 0.15) is 5.92 Å². The molecule has 1 atom stereocenters. The quantitative estimate of drug-likeness (QED) is 0.585. The average Bonchev–Trinajstić information content (AvgIpc) is 3.10. The van der Waals surface area contributed by atoms with Gasteiger partial charge in [0.25, 0.3) is 0 Å². The number of likely N-dealkylation sites (N-methyl/N-ethyl adjacent to an activating group) is 1. The maximum Gasteiger partial charge on any atom is 0.319 e. The molecule has 1 unspecified atom stereocenters. The Hall–Kier alpha value is -1.59. The van der Waals surface area contributed by atoms with E-state index in [9.17, 15) is 14.4 Å². The lowest BCUT2D eigenvalue weighted by Gasteiger charge is -2.30. The van der Waals surface area contributed by atoms with Gasteiger partial charge in [-0.3, -0.25) is 14.4 Å². The second kappa shape index (κ2) is 6.91.